The Hall–Kier alpha value is -1.97. The van der Waals surface area contributed by atoms with Crippen molar-refractivity contribution in [3.63, 3.8) is 0 Å². The van der Waals surface area contributed by atoms with E-state index in [4.69, 9.17) is 4.74 Å². The van der Waals surface area contributed by atoms with Crippen molar-refractivity contribution < 1.29 is 9.53 Å². The zero-order valence-corrected chi connectivity index (χ0v) is 11.3. The molecule has 0 fully saturated rings. The largest absolute Gasteiger partial charge is 0.497 e. The highest BCUT2D eigenvalue weighted by atomic mass is 16.5. The first-order valence-electron chi connectivity index (χ1n) is 5.80. The Bertz CT molecular complexity index is 416. The van der Waals surface area contributed by atoms with Gasteiger partial charge >= 0.3 is 6.03 Å². The number of nitrogens with one attached hydrogen (secondary N) is 2. The van der Waals surface area contributed by atoms with Crippen LogP contribution in [0.1, 0.15) is 26.3 Å². The van der Waals surface area contributed by atoms with E-state index >= 15 is 0 Å². The van der Waals surface area contributed by atoms with Crippen molar-refractivity contribution >= 4 is 12.1 Å². The van der Waals surface area contributed by atoms with Crippen LogP contribution in [0.2, 0.25) is 0 Å². The summed E-state index contributed by atoms with van der Waals surface area (Å²) in [6, 6.07) is 7.36. The van der Waals surface area contributed by atoms with Crippen LogP contribution in [-0.4, -0.2) is 18.7 Å². The topological polar surface area (TPSA) is 50.4 Å². The first-order valence-corrected chi connectivity index (χ1v) is 5.80. The second kappa shape index (κ2) is 6.10. The molecule has 4 nitrogen and oxygen atoms in total. The number of rotatable bonds is 3. The lowest BCUT2D eigenvalue weighted by Crippen LogP contribution is -2.44. The number of ether oxygens (including phenoxy) is 1. The van der Waals surface area contributed by atoms with Gasteiger partial charge in [0.15, 0.2) is 0 Å². The minimum absolute atomic E-state index is 0.215. The third-order valence-electron chi connectivity index (χ3n) is 2.09. The van der Waals surface area contributed by atoms with E-state index < -0.39 is 0 Å². The van der Waals surface area contributed by atoms with E-state index in [0.29, 0.717) is 0 Å². The van der Waals surface area contributed by atoms with Crippen LogP contribution in [0.25, 0.3) is 6.08 Å². The van der Waals surface area contributed by atoms with E-state index in [1.165, 1.54) is 0 Å². The minimum Gasteiger partial charge on any atom is -0.497 e. The number of benzene rings is 1. The maximum Gasteiger partial charge on any atom is 0.319 e. The summed E-state index contributed by atoms with van der Waals surface area (Å²) in [5.41, 5.74) is 0.754. The highest BCUT2D eigenvalue weighted by molar-refractivity contribution is 5.76. The molecule has 0 bridgehead atoms. The second-order valence-corrected chi connectivity index (χ2v) is 4.95. The lowest BCUT2D eigenvalue weighted by atomic mass is 10.1. The summed E-state index contributed by atoms with van der Waals surface area (Å²) in [6.07, 6.45) is 3.44. The van der Waals surface area contributed by atoms with Crippen molar-refractivity contribution in [2.45, 2.75) is 26.3 Å². The first-order chi connectivity index (χ1) is 8.40. The van der Waals surface area contributed by atoms with Crippen molar-refractivity contribution in [3.05, 3.63) is 36.0 Å². The smallest absolute Gasteiger partial charge is 0.319 e. The Labute approximate surface area is 108 Å². The van der Waals surface area contributed by atoms with E-state index in [0.717, 1.165) is 11.3 Å². The number of carbonyl (C=O) groups is 1. The van der Waals surface area contributed by atoms with Gasteiger partial charge in [0.2, 0.25) is 0 Å². The molecule has 1 rings (SSSR count). The van der Waals surface area contributed by atoms with Gasteiger partial charge in [-0.2, -0.15) is 0 Å². The molecule has 0 aliphatic heterocycles. The molecular formula is C14H20N2O2. The molecule has 18 heavy (non-hydrogen) atoms. The van der Waals surface area contributed by atoms with Crippen LogP contribution in [0.15, 0.2) is 30.5 Å². The second-order valence-electron chi connectivity index (χ2n) is 4.95. The van der Waals surface area contributed by atoms with E-state index in [2.05, 4.69) is 10.6 Å². The van der Waals surface area contributed by atoms with Gasteiger partial charge in [-0.05, 0) is 44.5 Å². The van der Waals surface area contributed by atoms with Crippen molar-refractivity contribution in [2.75, 3.05) is 7.11 Å². The molecule has 2 N–H and O–H groups in total. The molecule has 0 atom stereocenters. The van der Waals surface area contributed by atoms with Crippen LogP contribution in [0, 0.1) is 0 Å². The predicted molar refractivity (Wildman–Crippen MR) is 73.4 cm³/mol. The van der Waals surface area contributed by atoms with Crippen molar-refractivity contribution in [3.8, 4) is 5.75 Å². The number of carbonyl (C=O) groups excluding carboxylic acids is 1. The average Bonchev–Trinajstić information content (AvgIpc) is 2.27. The molecule has 0 aliphatic rings. The molecule has 98 valence electrons. The van der Waals surface area contributed by atoms with Crippen molar-refractivity contribution in [1.82, 2.24) is 10.6 Å². The normalized spacial score (nSPS) is 11.3. The van der Waals surface area contributed by atoms with Crippen molar-refractivity contribution in [2.24, 2.45) is 0 Å². The molecule has 0 aliphatic carbocycles. The highest BCUT2D eigenvalue weighted by Crippen LogP contribution is 2.11. The average molecular weight is 248 g/mol. The molecule has 4 heteroatoms. The van der Waals surface area contributed by atoms with Gasteiger partial charge in [0, 0.05) is 11.7 Å². The molecule has 0 aromatic heterocycles. The lowest BCUT2D eigenvalue weighted by molar-refractivity contribution is 0.235. The molecule has 2 amide bonds. The van der Waals surface area contributed by atoms with Gasteiger partial charge in [-0.1, -0.05) is 12.1 Å². The molecule has 0 unspecified atom stereocenters. The molecular weight excluding hydrogens is 228 g/mol. The number of amides is 2. The summed E-state index contributed by atoms with van der Waals surface area (Å²) < 4.78 is 5.06. The van der Waals surface area contributed by atoms with Gasteiger partial charge in [0.05, 0.1) is 7.11 Å². The third-order valence-corrected chi connectivity index (χ3v) is 2.09. The van der Waals surface area contributed by atoms with Gasteiger partial charge < -0.3 is 15.4 Å². The van der Waals surface area contributed by atoms with Crippen LogP contribution < -0.4 is 15.4 Å². The van der Waals surface area contributed by atoms with E-state index in [1.807, 2.05) is 51.1 Å². The van der Waals surface area contributed by atoms with Crippen LogP contribution in [0.4, 0.5) is 4.79 Å². The van der Waals surface area contributed by atoms with Gasteiger partial charge in [-0.3, -0.25) is 0 Å². The minimum atomic E-state index is -0.238. The predicted octanol–water partition coefficient (Wildman–Crippen LogP) is 2.76. The van der Waals surface area contributed by atoms with Crippen LogP contribution in [0.5, 0.6) is 5.75 Å². The SMILES string of the molecule is COc1ccc(/C=C/NC(=O)NC(C)(C)C)cc1. The molecule has 0 radical (unpaired) electrons. The Morgan fingerprint density at radius 1 is 1.22 bits per heavy atom. The Morgan fingerprint density at radius 2 is 1.83 bits per heavy atom. The summed E-state index contributed by atoms with van der Waals surface area (Å²) in [6.45, 7) is 5.79. The Morgan fingerprint density at radius 3 is 2.33 bits per heavy atom. The fourth-order valence-electron chi connectivity index (χ4n) is 1.31. The number of urea groups is 1. The zero-order valence-electron chi connectivity index (χ0n) is 11.3. The van der Waals surface area contributed by atoms with Crippen molar-refractivity contribution in [1.29, 1.82) is 0 Å². The molecule has 0 heterocycles. The number of methoxy groups -OCH3 is 1. The van der Waals surface area contributed by atoms with Gasteiger partial charge in [0.1, 0.15) is 5.75 Å². The summed E-state index contributed by atoms with van der Waals surface area (Å²) in [5, 5.41) is 5.46. The standard InChI is InChI=1S/C14H20N2O2/c1-14(2,3)16-13(17)15-10-9-11-5-7-12(18-4)8-6-11/h5-10H,1-4H3,(H2,15,16,17)/b10-9+. The van der Waals surface area contributed by atoms with E-state index in [1.54, 1.807) is 13.3 Å². The van der Waals surface area contributed by atoms with E-state index in [-0.39, 0.29) is 11.6 Å². The van der Waals surface area contributed by atoms with Crippen LogP contribution in [-0.2, 0) is 0 Å². The Balaban J connectivity index is 2.47. The molecule has 0 saturated heterocycles. The molecule has 0 spiro atoms. The fourth-order valence-corrected chi connectivity index (χ4v) is 1.31. The van der Waals surface area contributed by atoms with Gasteiger partial charge in [-0.25, -0.2) is 4.79 Å². The fraction of sp³-hybridized carbons (Fsp3) is 0.357. The summed E-state index contributed by atoms with van der Waals surface area (Å²) in [7, 11) is 1.63. The maximum atomic E-state index is 11.5. The third kappa shape index (κ3) is 5.39. The summed E-state index contributed by atoms with van der Waals surface area (Å²) >= 11 is 0. The summed E-state index contributed by atoms with van der Waals surface area (Å²) in [4.78, 5) is 11.5. The monoisotopic (exact) mass is 248 g/mol. The van der Waals surface area contributed by atoms with Gasteiger partial charge in [0.25, 0.3) is 0 Å². The molecule has 1 aromatic rings. The van der Waals surface area contributed by atoms with E-state index in [9.17, 15) is 4.79 Å². The summed E-state index contributed by atoms with van der Waals surface area (Å²) in [5.74, 6) is 0.811. The number of hydrogen-bond donors (Lipinski definition) is 2. The highest BCUT2D eigenvalue weighted by Gasteiger charge is 2.11. The molecule has 0 saturated carbocycles. The quantitative estimate of drug-likeness (QED) is 0.864. The number of hydrogen-bond acceptors (Lipinski definition) is 2. The first kappa shape index (κ1) is 14.1. The van der Waals surface area contributed by atoms with Gasteiger partial charge in [-0.15, -0.1) is 0 Å². The molecule has 1 aromatic carbocycles. The van der Waals surface area contributed by atoms with Crippen LogP contribution >= 0.6 is 0 Å². The Kier molecular flexibility index (Phi) is 4.77. The lowest BCUT2D eigenvalue weighted by Gasteiger charge is -2.19. The maximum absolute atomic E-state index is 11.5. The van der Waals surface area contributed by atoms with Crippen LogP contribution in [0.3, 0.4) is 0 Å². The zero-order chi connectivity index (χ0) is 13.6.